The molecule has 0 fully saturated rings. The minimum atomic E-state index is 0.422. The lowest BCUT2D eigenvalue weighted by atomic mass is 9.81. The molecular weight excluding hydrogens is 160 g/mol. The second-order valence-corrected chi connectivity index (χ2v) is 4.13. The van der Waals surface area contributed by atoms with Gasteiger partial charge in [0, 0.05) is 0 Å². The van der Waals surface area contributed by atoms with Crippen molar-refractivity contribution in [1.29, 1.82) is 0 Å². The molecule has 1 N–H and O–H groups in total. The molecule has 0 aliphatic heterocycles. The molecule has 70 valence electrons. The normalized spacial score (nSPS) is 21.2. The Morgan fingerprint density at radius 2 is 2.15 bits per heavy atom. The van der Waals surface area contributed by atoms with Crippen LogP contribution in [0.5, 0.6) is 5.75 Å². The summed E-state index contributed by atoms with van der Waals surface area (Å²) in [5.41, 5.74) is 4.09. The predicted octanol–water partition coefficient (Wildman–Crippen LogP) is 3.14. The van der Waals surface area contributed by atoms with Crippen molar-refractivity contribution in [3.8, 4) is 5.75 Å². The highest BCUT2D eigenvalue weighted by Crippen LogP contribution is 2.35. The molecule has 13 heavy (non-hydrogen) atoms. The molecule has 1 aliphatic rings. The standard InChI is InChI=1S/C12H16O/c1-8-4-3-5-10-7-11(13)6-9(2)12(8)10/h6-8,13H,3-5H2,1-2H3/t8-/m1/s1. The zero-order valence-electron chi connectivity index (χ0n) is 8.30. The molecule has 1 aliphatic carbocycles. The Hall–Kier alpha value is -0.980. The Bertz CT molecular complexity index is 328. The molecule has 1 heteroatoms. The van der Waals surface area contributed by atoms with Crippen molar-refractivity contribution < 1.29 is 5.11 Å². The van der Waals surface area contributed by atoms with Gasteiger partial charge in [0.1, 0.15) is 5.75 Å². The van der Waals surface area contributed by atoms with Crippen LogP contribution in [-0.2, 0) is 6.42 Å². The molecule has 0 amide bonds. The molecule has 0 saturated carbocycles. The van der Waals surface area contributed by atoms with Crippen molar-refractivity contribution in [3.05, 3.63) is 28.8 Å². The molecule has 0 radical (unpaired) electrons. The molecule has 0 heterocycles. The van der Waals surface area contributed by atoms with Gasteiger partial charge in [0.05, 0.1) is 0 Å². The summed E-state index contributed by atoms with van der Waals surface area (Å²) in [5, 5.41) is 9.46. The lowest BCUT2D eigenvalue weighted by molar-refractivity contribution is 0.471. The van der Waals surface area contributed by atoms with Gasteiger partial charge in [-0.05, 0) is 60.9 Å². The van der Waals surface area contributed by atoms with Gasteiger partial charge < -0.3 is 5.11 Å². The van der Waals surface area contributed by atoms with Gasteiger partial charge in [0.15, 0.2) is 0 Å². The molecule has 0 unspecified atom stereocenters. The average Bonchev–Trinajstić information content (AvgIpc) is 2.02. The first-order valence-electron chi connectivity index (χ1n) is 5.01. The van der Waals surface area contributed by atoms with Gasteiger partial charge in [-0.2, -0.15) is 0 Å². The Morgan fingerprint density at radius 1 is 1.38 bits per heavy atom. The molecular formula is C12H16O. The van der Waals surface area contributed by atoms with Gasteiger partial charge in [-0.1, -0.05) is 6.92 Å². The van der Waals surface area contributed by atoms with E-state index in [-0.39, 0.29) is 0 Å². The summed E-state index contributed by atoms with van der Waals surface area (Å²) >= 11 is 0. The number of hydrogen-bond donors (Lipinski definition) is 1. The Balaban J connectivity index is 2.56. The number of aromatic hydroxyl groups is 1. The fourth-order valence-electron chi connectivity index (χ4n) is 2.51. The Labute approximate surface area is 79.4 Å². The van der Waals surface area contributed by atoms with Crippen molar-refractivity contribution in [3.63, 3.8) is 0 Å². The second-order valence-electron chi connectivity index (χ2n) is 4.13. The minimum absolute atomic E-state index is 0.422. The molecule has 1 atom stereocenters. The van der Waals surface area contributed by atoms with Crippen LogP contribution in [0.25, 0.3) is 0 Å². The minimum Gasteiger partial charge on any atom is -0.508 e. The fourth-order valence-corrected chi connectivity index (χ4v) is 2.51. The van der Waals surface area contributed by atoms with Crippen LogP contribution >= 0.6 is 0 Å². The van der Waals surface area contributed by atoms with E-state index in [9.17, 15) is 5.11 Å². The van der Waals surface area contributed by atoms with Gasteiger partial charge in [-0.15, -0.1) is 0 Å². The maximum atomic E-state index is 9.46. The van der Waals surface area contributed by atoms with Crippen molar-refractivity contribution >= 4 is 0 Å². The van der Waals surface area contributed by atoms with E-state index in [1.165, 1.54) is 29.5 Å². The van der Waals surface area contributed by atoms with Gasteiger partial charge >= 0.3 is 0 Å². The van der Waals surface area contributed by atoms with Crippen molar-refractivity contribution in [1.82, 2.24) is 0 Å². The third-order valence-electron chi connectivity index (χ3n) is 3.03. The largest absolute Gasteiger partial charge is 0.508 e. The lowest BCUT2D eigenvalue weighted by Gasteiger charge is -2.24. The van der Waals surface area contributed by atoms with Crippen LogP contribution in [0.1, 0.15) is 42.4 Å². The van der Waals surface area contributed by atoms with E-state index >= 15 is 0 Å². The number of aryl methyl sites for hydroxylation is 2. The van der Waals surface area contributed by atoms with E-state index in [2.05, 4.69) is 13.8 Å². The van der Waals surface area contributed by atoms with E-state index in [4.69, 9.17) is 0 Å². The predicted molar refractivity (Wildman–Crippen MR) is 54.2 cm³/mol. The first-order valence-corrected chi connectivity index (χ1v) is 5.01. The summed E-state index contributed by atoms with van der Waals surface area (Å²) in [7, 11) is 0. The number of rotatable bonds is 0. The number of fused-ring (bicyclic) bond motifs is 1. The molecule has 0 bridgehead atoms. The smallest absolute Gasteiger partial charge is 0.116 e. The SMILES string of the molecule is Cc1cc(O)cc2c1[C@H](C)CCC2. The average molecular weight is 176 g/mol. The van der Waals surface area contributed by atoms with Crippen LogP contribution in [0.15, 0.2) is 12.1 Å². The Morgan fingerprint density at radius 3 is 2.92 bits per heavy atom. The first-order chi connectivity index (χ1) is 6.18. The first kappa shape index (κ1) is 8.61. The van der Waals surface area contributed by atoms with Crippen LogP contribution in [0.4, 0.5) is 0 Å². The van der Waals surface area contributed by atoms with Gasteiger partial charge in [0.2, 0.25) is 0 Å². The molecule has 1 aromatic rings. The van der Waals surface area contributed by atoms with Crippen LogP contribution in [0.3, 0.4) is 0 Å². The molecule has 0 saturated heterocycles. The van der Waals surface area contributed by atoms with Crippen LogP contribution in [0.2, 0.25) is 0 Å². The van der Waals surface area contributed by atoms with Crippen LogP contribution in [0, 0.1) is 6.92 Å². The monoisotopic (exact) mass is 176 g/mol. The van der Waals surface area contributed by atoms with E-state index in [1.807, 2.05) is 12.1 Å². The van der Waals surface area contributed by atoms with Crippen molar-refractivity contribution in [2.45, 2.75) is 39.0 Å². The van der Waals surface area contributed by atoms with E-state index in [0.717, 1.165) is 6.42 Å². The summed E-state index contributed by atoms with van der Waals surface area (Å²) in [5.74, 6) is 1.09. The lowest BCUT2D eigenvalue weighted by Crippen LogP contribution is -2.08. The summed E-state index contributed by atoms with van der Waals surface area (Å²) in [4.78, 5) is 0. The molecule has 0 aromatic heterocycles. The summed E-state index contributed by atoms with van der Waals surface area (Å²) in [6.07, 6.45) is 3.69. The third-order valence-corrected chi connectivity index (χ3v) is 3.03. The molecule has 1 nitrogen and oxygen atoms in total. The highest BCUT2D eigenvalue weighted by molar-refractivity contribution is 5.44. The quantitative estimate of drug-likeness (QED) is 0.644. The van der Waals surface area contributed by atoms with Crippen LogP contribution < -0.4 is 0 Å². The zero-order valence-corrected chi connectivity index (χ0v) is 8.30. The van der Waals surface area contributed by atoms with Crippen molar-refractivity contribution in [2.24, 2.45) is 0 Å². The maximum absolute atomic E-state index is 9.46. The van der Waals surface area contributed by atoms with E-state index in [0.29, 0.717) is 11.7 Å². The summed E-state index contributed by atoms with van der Waals surface area (Å²) in [6, 6.07) is 3.80. The molecule has 0 spiro atoms. The van der Waals surface area contributed by atoms with E-state index < -0.39 is 0 Å². The highest BCUT2D eigenvalue weighted by Gasteiger charge is 2.18. The highest BCUT2D eigenvalue weighted by atomic mass is 16.3. The number of phenolic OH excluding ortho intramolecular Hbond substituents is 1. The fraction of sp³-hybridized carbons (Fsp3) is 0.500. The van der Waals surface area contributed by atoms with E-state index in [1.54, 1.807) is 0 Å². The Kier molecular flexibility index (Phi) is 2.03. The number of hydrogen-bond acceptors (Lipinski definition) is 1. The van der Waals surface area contributed by atoms with Crippen LogP contribution in [-0.4, -0.2) is 5.11 Å². The molecule has 1 aromatic carbocycles. The van der Waals surface area contributed by atoms with Gasteiger partial charge in [-0.3, -0.25) is 0 Å². The number of phenols is 1. The maximum Gasteiger partial charge on any atom is 0.116 e. The van der Waals surface area contributed by atoms with Gasteiger partial charge in [-0.25, -0.2) is 0 Å². The van der Waals surface area contributed by atoms with Gasteiger partial charge in [0.25, 0.3) is 0 Å². The topological polar surface area (TPSA) is 20.2 Å². The third kappa shape index (κ3) is 1.43. The zero-order chi connectivity index (χ0) is 9.42. The molecule has 2 rings (SSSR count). The van der Waals surface area contributed by atoms with Crippen molar-refractivity contribution in [2.75, 3.05) is 0 Å². The summed E-state index contributed by atoms with van der Waals surface area (Å²) in [6.45, 7) is 4.38. The number of benzene rings is 1. The second kappa shape index (κ2) is 3.06. The summed E-state index contributed by atoms with van der Waals surface area (Å²) < 4.78 is 0.